The van der Waals surface area contributed by atoms with Crippen molar-refractivity contribution in [3.8, 4) is 0 Å². The SMILES string of the molecule is Cc1ccsc1CN(C)Cc1ccc([N+](=O)[O-])cc1. The highest BCUT2D eigenvalue weighted by atomic mass is 32.1. The Hall–Kier alpha value is -1.72. The van der Waals surface area contributed by atoms with Gasteiger partial charge in [0, 0.05) is 30.1 Å². The molecule has 0 atom stereocenters. The Morgan fingerprint density at radius 1 is 1.21 bits per heavy atom. The first kappa shape index (κ1) is 13.7. The van der Waals surface area contributed by atoms with Gasteiger partial charge in [-0.15, -0.1) is 11.3 Å². The van der Waals surface area contributed by atoms with Crippen molar-refractivity contribution in [3.63, 3.8) is 0 Å². The fourth-order valence-corrected chi connectivity index (χ4v) is 2.89. The smallest absolute Gasteiger partial charge is 0.269 e. The molecule has 0 unspecified atom stereocenters. The summed E-state index contributed by atoms with van der Waals surface area (Å²) in [6.07, 6.45) is 0. The van der Waals surface area contributed by atoms with Crippen LogP contribution in [-0.4, -0.2) is 16.9 Å². The Bertz CT molecular complexity index is 563. The summed E-state index contributed by atoms with van der Waals surface area (Å²) in [5.74, 6) is 0. The second kappa shape index (κ2) is 5.95. The van der Waals surface area contributed by atoms with Gasteiger partial charge >= 0.3 is 0 Å². The molecule has 0 aliphatic rings. The van der Waals surface area contributed by atoms with Crippen LogP contribution in [0.4, 0.5) is 5.69 Å². The lowest BCUT2D eigenvalue weighted by atomic mass is 10.2. The van der Waals surface area contributed by atoms with Gasteiger partial charge in [-0.2, -0.15) is 0 Å². The highest BCUT2D eigenvalue weighted by Gasteiger charge is 2.07. The number of hydrogen-bond donors (Lipinski definition) is 0. The number of nitrogens with zero attached hydrogens (tertiary/aromatic N) is 2. The molecule has 1 heterocycles. The van der Waals surface area contributed by atoms with Crippen LogP contribution in [0.25, 0.3) is 0 Å². The maximum atomic E-state index is 10.6. The van der Waals surface area contributed by atoms with Gasteiger partial charge in [-0.25, -0.2) is 0 Å². The molecule has 19 heavy (non-hydrogen) atoms. The zero-order chi connectivity index (χ0) is 13.8. The van der Waals surface area contributed by atoms with Gasteiger partial charge in [-0.05, 0) is 36.5 Å². The maximum Gasteiger partial charge on any atom is 0.269 e. The van der Waals surface area contributed by atoms with Crippen LogP contribution in [0.1, 0.15) is 16.0 Å². The summed E-state index contributed by atoms with van der Waals surface area (Å²) in [5, 5.41) is 12.7. The summed E-state index contributed by atoms with van der Waals surface area (Å²) in [6.45, 7) is 3.81. The molecule has 1 aromatic heterocycles. The summed E-state index contributed by atoms with van der Waals surface area (Å²) in [6, 6.07) is 8.87. The molecular formula is C14H16N2O2S. The topological polar surface area (TPSA) is 46.4 Å². The van der Waals surface area contributed by atoms with E-state index in [2.05, 4.69) is 30.3 Å². The Balaban J connectivity index is 1.97. The van der Waals surface area contributed by atoms with Crippen molar-refractivity contribution in [1.82, 2.24) is 4.90 Å². The average Bonchev–Trinajstić information content (AvgIpc) is 2.75. The van der Waals surface area contributed by atoms with Crippen LogP contribution in [0.15, 0.2) is 35.7 Å². The lowest BCUT2D eigenvalue weighted by Crippen LogP contribution is -2.16. The molecule has 0 aliphatic carbocycles. The van der Waals surface area contributed by atoms with Gasteiger partial charge in [0.05, 0.1) is 4.92 Å². The van der Waals surface area contributed by atoms with E-state index in [0.29, 0.717) is 0 Å². The molecule has 2 aromatic rings. The Kier molecular flexibility index (Phi) is 4.29. The summed E-state index contributed by atoms with van der Waals surface area (Å²) in [4.78, 5) is 13.8. The van der Waals surface area contributed by atoms with Crippen molar-refractivity contribution >= 4 is 17.0 Å². The van der Waals surface area contributed by atoms with Crippen molar-refractivity contribution in [1.29, 1.82) is 0 Å². The van der Waals surface area contributed by atoms with Crippen molar-refractivity contribution < 1.29 is 4.92 Å². The number of benzene rings is 1. The Labute approximate surface area is 116 Å². The first-order valence-electron chi connectivity index (χ1n) is 6.01. The Morgan fingerprint density at radius 3 is 2.42 bits per heavy atom. The number of thiophene rings is 1. The van der Waals surface area contributed by atoms with Gasteiger partial charge < -0.3 is 0 Å². The van der Waals surface area contributed by atoms with Gasteiger partial charge in [-0.3, -0.25) is 15.0 Å². The third kappa shape index (κ3) is 3.62. The zero-order valence-electron chi connectivity index (χ0n) is 11.0. The summed E-state index contributed by atoms with van der Waals surface area (Å²) in [5.41, 5.74) is 2.54. The molecule has 0 spiro atoms. The van der Waals surface area contributed by atoms with E-state index in [4.69, 9.17) is 0 Å². The molecule has 0 radical (unpaired) electrons. The number of nitro benzene ring substituents is 1. The first-order valence-corrected chi connectivity index (χ1v) is 6.89. The van der Waals surface area contributed by atoms with Gasteiger partial charge in [0.2, 0.25) is 0 Å². The van der Waals surface area contributed by atoms with Crippen molar-refractivity contribution in [2.45, 2.75) is 20.0 Å². The molecule has 5 heteroatoms. The maximum absolute atomic E-state index is 10.6. The highest BCUT2D eigenvalue weighted by Crippen LogP contribution is 2.19. The third-order valence-corrected chi connectivity index (χ3v) is 3.99. The van der Waals surface area contributed by atoms with Gasteiger partial charge in [0.25, 0.3) is 5.69 Å². The lowest BCUT2D eigenvalue weighted by molar-refractivity contribution is -0.384. The molecule has 0 aliphatic heterocycles. The fourth-order valence-electron chi connectivity index (χ4n) is 1.90. The normalized spacial score (nSPS) is 10.9. The summed E-state index contributed by atoms with van der Waals surface area (Å²) >= 11 is 1.76. The number of non-ortho nitro benzene ring substituents is 1. The van der Waals surface area contributed by atoms with E-state index in [-0.39, 0.29) is 10.6 Å². The van der Waals surface area contributed by atoms with Crippen LogP contribution >= 0.6 is 11.3 Å². The molecule has 100 valence electrons. The van der Waals surface area contributed by atoms with E-state index in [1.807, 2.05) is 12.1 Å². The van der Waals surface area contributed by atoms with Crippen molar-refractivity contribution in [2.75, 3.05) is 7.05 Å². The molecule has 0 amide bonds. The van der Waals surface area contributed by atoms with E-state index in [1.54, 1.807) is 23.5 Å². The zero-order valence-corrected chi connectivity index (χ0v) is 11.8. The monoisotopic (exact) mass is 276 g/mol. The average molecular weight is 276 g/mol. The first-order chi connectivity index (χ1) is 9.06. The van der Waals surface area contributed by atoms with E-state index in [1.165, 1.54) is 10.4 Å². The molecule has 0 bridgehead atoms. The van der Waals surface area contributed by atoms with Crippen molar-refractivity contribution in [3.05, 3.63) is 61.8 Å². The minimum atomic E-state index is -0.373. The summed E-state index contributed by atoms with van der Waals surface area (Å²) in [7, 11) is 2.06. The van der Waals surface area contributed by atoms with Gasteiger partial charge in [0.1, 0.15) is 0 Å². The highest BCUT2D eigenvalue weighted by molar-refractivity contribution is 7.10. The van der Waals surface area contributed by atoms with Crippen LogP contribution < -0.4 is 0 Å². The van der Waals surface area contributed by atoms with E-state index in [9.17, 15) is 10.1 Å². The molecule has 0 fully saturated rings. The van der Waals surface area contributed by atoms with Crippen LogP contribution in [0.5, 0.6) is 0 Å². The van der Waals surface area contributed by atoms with E-state index >= 15 is 0 Å². The summed E-state index contributed by atoms with van der Waals surface area (Å²) < 4.78 is 0. The van der Waals surface area contributed by atoms with Gasteiger partial charge in [-0.1, -0.05) is 12.1 Å². The van der Waals surface area contributed by atoms with E-state index < -0.39 is 0 Å². The molecule has 0 saturated heterocycles. The predicted molar refractivity (Wildman–Crippen MR) is 77.3 cm³/mol. The quantitative estimate of drug-likeness (QED) is 0.619. The lowest BCUT2D eigenvalue weighted by Gasteiger charge is -2.16. The molecule has 1 aromatic carbocycles. The minimum absolute atomic E-state index is 0.139. The fraction of sp³-hybridized carbons (Fsp3) is 0.286. The van der Waals surface area contributed by atoms with Crippen LogP contribution in [-0.2, 0) is 13.1 Å². The van der Waals surface area contributed by atoms with Crippen LogP contribution in [0.3, 0.4) is 0 Å². The number of rotatable bonds is 5. The third-order valence-electron chi connectivity index (χ3n) is 2.98. The minimum Gasteiger partial charge on any atom is -0.297 e. The predicted octanol–water partition coefficient (Wildman–Crippen LogP) is 3.60. The largest absolute Gasteiger partial charge is 0.297 e. The molecule has 4 nitrogen and oxygen atoms in total. The van der Waals surface area contributed by atoms with E-state index in [0.717, 1.165) is 18.7 Å². The number of aryl methyl sites for hydroxylation is 1. The van der Waals surface area contributed by atoms with Crippen LogP contribution in [0, 0.1) is 17.0 Å². The standard InChI is InChI=1S/C14H16N2O2S/c1-11-7-8-19-14(11)10-15(2)9-12-3-5-13(6-4-12)16(17)18/h3-8H,9-10H2,1-2H3. The molecule has 0 N–H and O–H groups in total. The molecule has 2 rings (SSSR count). The molecular weight excluding hydrogens is 260 g/mol. The second-order valence-corrected chi connectivity index (χ2v) is 5.62. The van der Waals surface area contributed by atoms with Crippen LogP contribution in [0.2, 0.25) is 0 Å². The van der Waals surface area contributed by atoms with Gasteiger partial charge in [0.15, 0.2) is 0 Å². The number of hydrogen-bond acceptors (Lipinski definition) is 4. The Morgan fingerprint density at radius 2 is 1.89 bits per heavy atom. The van der Waals surface area contributed by atoms with Crippen molar-refractivity contribution in [2.24, 2.45) is 0 Å². The number of nitro groups is 1. The second-order valence-electron chi connectivity index (χ2n) is 4.62. The molecule has 0 saturated carbocycles.